The Bertz CT molecular complexity index is 567. The van der Waals surface area contributed by atoms with Gasteiger partial charge < -0.3 is 5.32 Å². The average molecular weight is 250 g/mol. The van der Waals surface area contributed by atoms with Gasteiger partial charge in [-0.25, -0.2) is 13.8 Å². The molecule has 1 heterocycles. The molecule has 0 saturated carbocycles. The Morgan fingerprint density at radius 1 is 1.22 bits per heavy atom. The van der Waals surface area contributed by atoms with Gasteiger partial charge >= 0.3 is 0 Å². The van der Waals surface area contributed by atoms with Crippen molar-refractivity contribution in [2.45, 2.75) is 26.7 Å². The first kappa shape index (κ1) is 12.7. The average Bonchev–Trinajstić information content (AvgIpc) is 2.36. The van der Waals surface area contributed by atoms with Gasteiger partial charge in [0.2, 0.25) is 0 Å². The van der Waals surface area contributed by atoms with E-state index in [1.165, 1.54) is 0 Å². The van der Waals surface area contributed by atoms with E-state index in [1.54, 1.807) is 6.07 Å². The van der Waals surface area contributed by atoms with E-state index >= 15 is 0 Å². The minimum absolute atomic E-state index is 0.0887. The van der Waals surface area contributed by atoms with Gasteiger partial charge in [-0.15, -0.1) is 0 Å². The standard InChI is InChI=1S/C14H16F2N2/c1-3-5-10-8-9-6-7-11(15)12(16)13(9)18-14(10)17-4-2/h6-8H,3-5H2,1-2H3,(H,17,18). The number of fused-ring (bicyclic) bond motifs is 1. The maximum absolute atomic E-state index is 13.7. The molecule has 0 amide bonds. The van der Waals surface area contributed by atoms with Gasteiger partial charge in [0, 0.05) is 11.9 Å². The fourth-order valence-electron chi connectivity index (χ4n) is 2.01. The van der Waals surface area contributed by atoms with E-state index in [0.29, 0.717) is 17.7 Å². The molecule has 0 aliphatic heterocycles. The molecule has 18 heavy (non-hydrogen) atoms. The van der Waals surface area contributed by atoms with Crippen molar-refractivity contribution >= 4 is 16.7 Å². The lowest BCUT2D eigenvalue weighted by Crippen LogP contribution is -2.05. The van der Waals surface area contributed by atoms with Crippen LogP contribution in [0.5, 0.6) is 0 Å². The summed E-state index contributed by atoms with van der Waals surface area (Å²) in [6.45, 7) is 4.72. The lowest BCUT2D eigenvalue weighted by atomic mass is 10.1. The second-order valence-electron chi connectivity index (χ2n) is 4.21. The first-order chi connectivity index (χ1) is 8.67. The van der Waals surface area contributed by atoms with Gasteiger partial charge in [0.15, 0.2) is 11.6 Å². The van der Waals surface area contributed by atoms with Crippen LogP contribution in [0, 0.1) is 11.6 Å². The first-order valence-corrected chi connectivity index (χ1v) is 6.18. The highest BCUT2D eigenvalue weighted by atomic mass is 19.2. The maximum atomic E-state index is 13.7. The van der Waals surface area contributed by atoms with E-state index < -0.39 is 11.6 Å². The Labute approximate surface area is 105 Å². The van der Waals surface area contributed by atoms with Crippen LogP contribution in [0.1, 0.15) is 25.8 Å². The van der Waals surface area contributed by atoms with Gasteiger partial charge in [-0.3, -0.25) is 0 Å². The molecule has 2 rings (SSSR count). The van der Waals surface area contributed by atoms with Crippen molar-refractivity contribution in [3.8, 4) is 0 Å². The number of hydrogen-bond acceptors (Lipinski definition) is 2. The minimum atomic E-state index is -0.880. The molecule has 0 radical (unpaired) electrons. The molecule has 0 aliphatic rings. The van der Waals surface area contributed by atoms with Crippen molar-refractivity contribution in [3.05, 3.63) is 35.4 Å². The lowest BCUT2D eigenvalue weighted by molar-refractivity contribution is 0.515. The summed E-state index contributed by atoms with van der Waals surface area (Å²) in [5.74, 6) is -1.09. The Hall–Kier alpha value is -1.71. The third kappa shape index (κ3) is 2.28. The molecule has 0 bridgehead atoms. The van der Waals surface area contributed by atoms with E-state index in [0.717, 1.165) is 24.5 Å². The van der Waals surface area contributed by atoms with Gasteiger partial charge in [0.05, 0.1) is 0 Å². The van der Waals surface area contributed by atoms with Crippen LogP contribution in [-0.4, -0.2) is 11.5 Å². The molecule has 1 N–H and O–H groups in total. The van der Waals surface area contributed by atoms with Crippen LogP contribution in [-0.2, 0) is 6.42 Å². The van der Waals surface area contributed by atoms with Crippen LogP contribution in [0.4, 0.5) is 14.6 Å². The fraction of sp³-hybridized carbons (Fsp3) is 0.357. The van der Waals surface area contributed by atoms with Crippen LogP contribution in [0.15, 0.2) is 18.2 Å². The number of halogens is 2. The molecular weight excluding hydrogens is 234 g/mol. The molecule has 0 unspecified atom stereocenters. The van der Waals surface area contributed by atoms with Crippen molar-refractivity contribution in [1.29, 1.82) is 0 Å². The number of pyridine rings is 1. The molecule has 96 valence electrons. The lowest BCUT2D eigenvalue weighted by Gasteiger charge is -2.11. The van der Waals surface area contributed by atoms with Crippen molar-refractivity contribution < 1.29 is 8.78 Å². The highest BCUT2D eigenvalue weighted by Crippen LogP contribution is 2.25. The summed E-state index contributed by atoms with van der Waals surface area (Å²) in [4.78, 5) is 4.22. The van der Waals surface area contributed by atoms with E-state index in [1.807, 2.05) is 13.0 Å². The molecule has 2 nitrogen and oxygen atoms in total. The zero-order chi connectivity index (χ0) is 13.1. The van der Waals surface area contributed by atoms with Crippen LogP contribution < -0.4 is 5.32 Å². The third-order valence-electron chi connectivity index (χ3n) is 2.82. The summed E-state index contributed by atoms with van der Waals surface area (Å²) in [5.41, 5.74) is 1.13. The predicted octanol–water partition coefficient (Wildman–Crippen LogP) is 3.90. The summed E-state index contributed by atoms with van der Waals surface area (Å²) in [5, 5.41) is 3.74. The van der Waals surface area contributed by atoms with Crippen molar-refractivity contribution in [2.24, 2.45) is 0 Å². The molecule has 0 atom stereocenters. The quantitative estimate of drug-likeness (QED) is 0.890. The highest BCUT2D eigenvalue weighted by molar-refractivity contribution is 5.82. The van der Waals surface area contributed by atoms with Crippen LogP contribution >= 0.6 is 0 Å². The molecule has 4 heteroatoms. The molecular formula is C14H16F2N2. The smallest absolute Gasteiger partial charge is 0.185 e. The topological polar surface area (TPSA) is 24.9 Å². The Balaban J connectivity index is 2.64. The number of hydrogen-bond donors (Lipinski definition) is 1. The van der Waals surface area contributed by atoms with Gasteiger partial charge in [-0.2, -0.15) is 0 Å². The maximum Gasteiger partial charge on any atom is 0.185 e. The number of anilines is 1. The zero-order valence-corrected chi connectivity index (χ0v) is 10.6. The number of nitrogens with zero attached hydrogens (tertiary/aromatic N) is 1. The minimum Gasteiger partial charge on any atom is -0.370 e. The summed E-state index contributed by atoms with van der Waals surface area (Å²) >= 11 is 0. The van der Waals surface area contributed by atoms with E-state index in [9.17, 15) is 8.78 Å². The fourth-order valence-corrected chi connectivity index (χ4v) is 2.01. The van der Waals surface area contributed by atoms with Gasteiger partial charge in [0.1, 0.15) is 11.3 Å². The Morgan fingerprint density at radius 2 is 2.00 bits per heavy atom. The molecule has 0 saturated heterocycles. The number of aromatic nitrogens is 1. The summed E-state index contributed by atoms with van der Waals surface area (Å²) < 4.78 is 26.9. The molecule has 0 aliphatic carbocycles. The predicted molar refractivity (Wildman–Crippen MR) is 69.8 cm³/mol. The van der Waals surface area contributed by atoms with Gasteiger partial charge in [-0.05, 0) is 37.1 Å². The third-order valence-corrected chi connectivity index (χ3v) is 2.82. The number of rotatable bonds is 4. The second kappa shape index (κ2) is 5.29. The highest BCUT2D eigenvalue weighted by Gasteiger charge is 2.12. The molecule has 0 fully saturated rings. The van der Waals surface area contributed by atoms with Gasteiger partial charge in [-0.1, -0.05) is 13.3 Å². The van der Waals surface area contributed by atoms with Crippen molar-refractivity contribution in [1.82, 2.24) is 4.98 Å². The normalized spacial score (nSPS) is 10.9. The molecule has 1 aromatic carbocycles. The van der Waals surface area contributed by atoms with Crippen LogP contribution in [0.3, 0.4) is 0 Å². The monoisotopic (exact) mass is 250 g/mol. The largest absolute Gasteiger partial charge is 0.370 e. The SMILES string of the molecule is CCCc1cc2ccc(F)c(F)c2nc1NCC. The number of nitrogens with one attached hydrogen (secondary N) is 1. The van der Waals surface area contributed by atoms with E-state index in [-0.39, 0.29) is 5.52 Å². The zero-order valence-electron chi connectivity index (χ0n) is 10.6. The summed E-state index contributed by atoms with van der Waals surface area (Å²) in [7, 11) is 0. The molecule has 2 aromatic rings. The van der Waals surface area contributed by atoms with E-state index in [4.69, 9.17) is 0 Å². The van der Waals surface area contributed by atoms with Crippen molar-refractivity contribution in [2.75, 3.05) is 11.9 Å². The van der Waals surface area contributed by atoms with Crippen LogP contribution in [0.25, 0.3) is 10.9 Å². The Morgan fingerprint density at radius 3 is 2.67 bits per heavy atom. The molecule has 1 aromatic heterocycles. The van der Waals surface area contributed by atoms with Crippen LogP contribution in [0.2, 0.25) is 0 Å². The first-order valence-electron chi connectivity index (χ1n) is 6.18. The number of aryl methyl sites for hydroxylation is 1. The number of benzene rings is 1. The summed E-state index contributed by atoms with van der Waals surface area (Å²) in [6, 6.07) is 4.59. The van der Waals surface area contributed by atoms with Gasteiger partial charge in [0.25, 0.3) is 0 Å². The Kier molecular flexibility index (Phi) is 3.75. The van der Waals surface area contributed by atoms with E-state index in [2.05, 4.69) is 17.2 Å². The molecule has 0 spiro atoms. The summed E-state index contributed by atoms with van der Waals surface area (Å²) in [6.07, 6.45) is 1.85. The second-order valence-corrected chi connectivity index (χ2v) is 4.21. The van der Waals surface area contributed by atoms with Crippen molar-refractivity contribution in [3.63, 3.8) is 0 Å².